The number of aromatic nitrogens is 5. The van der Waals surface area contributed by atoms with Gasteiger partial charge in [0.15, 0.2) is 0 Å². The Morgan fingerprint density at radius 2 is 1.84 bits per heavy atom. The summed E-state index contributed by atoms with van der Waals surface area (Å²) in [5.74, 6) is -0.536. The number of alkyl halides is 1. The molecular formula is C29H31Cl2FN8O8S3. The van der Waals surface area contributed by atoms with Crippen LogP contribution in [0.1, 0.15) is 18.7 Å². The molecule has 0 atom stereocenters. The summed E-state index contributed by atoms with van der Waals surface area (Å²) < 4.78 is 59.2. The van der Waals surface area contributed by atoms with Crippen molar-refractivity contribution in [2.24, 2.45) is 4.99 Å². The monoisotopic (exact) mass is 804 g/mol. The van der Waals surface area contributed by atoms with Crippen LogP contribution in [0, 0.1) is 12.7 Å². The van der Waals surface area contributed by atoms with Crippen molar-refractivity contribution < 1.29 is 36.6 Å². The molecule has 16 nitrogen and oxygen atoms in total. The number of ether oxygens (including phenoxy) is 3. The van der Waals surface area contributed by atoms with Gasteiger partial charge in [-0.3, -0.25) is 19.6 Å². The van der Waals surface area contributed by atoms with E-state index in [4.69, 9.17) is 32.7 Å². The summed E-state index contributed by atoms with van der Waals surface area (Å²) in [7, 11) is -1.55. The number of carbonyl (C=O) groups is 2. The molecule has 0 saturated carbocycles. The van der Waals surface area contributed by atoms with Gasteiger partial charge in [0, 0.05) is 18.0 Å². The molecule has 0 unspecified atom stereocenters. The number of urea groups is 1. The molecule has 0 radical (unpaired) electrons. The van der Waals surface area contributed by atoms with Gasteiger partial charge >= 0.3 is 22.9 Å². The van der Waals surface area contributed by atoms with E-state index in [2.05, 4.69) is 30.0 Å². The molecule has 274 valence electrons. The number of benzene rings is 2. The zero-order valence-electron chi connectivity index (χ0n) is 27.2. The lowest BCUT2D eigenvalue weighted by molar-refractivity contribution is -0.137. The zero-order chi connectivity index (χ0) is 37.1. The molecule has 1 aliphatic heterocycles. The standard InChI is InChI=1S/C15H15ClFN3O3S2.C14H16ClN5O5S/c1-23-13(21)8-24-12-7-11(10(17)6-9(12)16)18-14-19-4-2-3-5-20(19)15(22)25-14;1-9-16-12(19-14(17-9)24-2)18-13(21)20-26(22,23)11-6-4-3-5-10(11)25-8-7-15/h6-7H,2-5,8H2,1H3;3-6H,7-8H2,1-2H3,(H2,16,17,18,19,20,21)/b18-14-;. The second kappa shape index (κ2) is 18.3. The molecule has 22 heteroatoms. The number of hydrogen-bond acceptors (Lipinski definition) is 14. The summed E-state index contributed by atoms with van der Waals surface area (Å²) in [5.41, 5.74) is 0.0829. The van der Waals surface area contributed by atoms with Gasteiger partial charge in [-0.25, -0.2) is 32.0 Å². The number of fused-ring (bicyclic) bond motifs is 1. The van der Waals surface area contributed by atoms with Crippen LogP contribution in [0.25, 0.3) is 0 Å². The van der Waals surface area contributed by atoms with E-state index in [0.717, 1.165) is 42.0 Å². The van der Waals surface area contributed by atoms with Gasteiger partial charge in [0.2, 0.25) is 10.7 Å². The molecule has 2 N–H and O–H groups in total. The number of carbonyl (C=O) groups excluding carboxylic acids is 2. The van der Waals surface area contributed by atoms with Crippen molar-refractivity contribution in [3.05, 3.63) is 67.5 Å². The predicted octanol–water partition coefficient (Wildman–Crippen LogP) is 4.11. The second-order valence-corrected chi connectivity index (χ2v) is 14.4. The number of anilines is 1. The Labute approximate surface area is 309 Å². The summed E-state index contributed by atoms with van der Waals surface area (Å²) in [6.45, 7) is 3.00. The van der Waals surface area contributed by atoms with Crippen LogP contribution in [0.15, 0.2) is 56.0 Å². The number of amides is 2. The molecule has 1 aliphatic rings. The molecule has 0 saturated heterocycles. The first-order chi connectivity index (χ1) is 24.3. The third kappa shape index (κ3) is 10.9. The van der Waals surface area contributed by atoms with Crippen LogP contribution < -0.4 is 29.2 Å². The van der Waals surface area contributed by atoms with Gasteiger partial charge in [-0.05, 0) is 55.4 Å². The summed E-state index contributed by atoms with van der Waals surface area (Å²) in [6.07, 6.45) is 1.90. The van der Waals surface area contributed by atoms with E-state index < -0.39 is 27.8 Å². The maximum Gasteiger partial charge on any atom is 0.335 e. The molecular weight excluding hydrogens is 774 g/mol. The molecule has 51 heavy (non-hydrogen) atoms. The van der Waals surface area contributed by atoms with E-state index in [9.17, 15) is 27.2 Å². The first-order valence-electron chi connectivity index (χ1n) is 14.8. The van der Waals surface area contributed by atoms with Crippen LogP contribution in [0.3, 0.4) is 0 Å². The van der Waals surface area contributed by atoms with Crippen LogP contribution >= 0.6 is 46.3 Å². The fourth-order valence-corrected chi connectivity index (χ4v) is 7.40. The number of halogens is 3. The minimum absolute atomic E-state index is 0.0181. The van der Waals surface area contributed by atoms with E-state index in [1.807, 2.05) is 4.72 Å². The molecule has 0 bridgehead atoms. The first kappa shape index (κ1) is 39.5. The maximum atomic E-state index is 14.3. The number of nitrogens with one attached hydrogen (secondary N) is 2. The third-order valence-electron chi connectivity index (χ3n) is 6.52. The lowest BCUT2D eigenvalue weighted by Crippen LogP contribution is -2.35. The molecule has 0 fully saturated rings. The highest BCUT2D eigenvalue weighted by Gasteiger charge is 2.23. The quantitative estimate of drug-likeness (QED) is 0.125. The highest BCUT2D eigenvalue weighted by Crippen LogP contribution is 2.33. The van der Waals surface area contributed by atoms with Crippen LogP contribution in [0.2, 0.25) is 5.02 Å². The number of aryl methyl sites for hydroxylation is 1. The van der Waals surface area contributed by atoms with Gasteiger partial charge in [-0.2, -0.15) is 15.0 Å². The van der Waals surface area contributed by atoms with E-state index in [-0.39, 0.29) is 62.3 Å². The van der Waals surface area contributed by atoms with E-state index in [1.165, 1.54) is 38.5 Å². The zero-order valence-corrected chi connectivity index (χ0v) is 31.2. The highest BCUT2D eigenvalue weighted by atomic mass is 35.5. The maximum absolute atomic E-state index is 14.3. The molecule has 4 aromatic rings. The Bertz CT molecular complexity index is 2130. The van der Waals surface area contributed by atoms with E-state index in [1.54, 1.807) is 22.4 Å². The minimum atomic E-state index is -4.20. The molecule has 2 amide bonds. The largest absolute Gasteiger partial charge is 0.491 e. The minimum Gasteiger partial charge on any atom is -0.491 e. The van der Waals surface area contributed by atoms with E-state index >= 15 is 0 Å². The Balaban J connectivity index is 0.000000229. The van der Waals surface area contributed by atoms with Crippen molar-refractivity contribution in [3.63, 3.8) is 0 Å². The fraction of sp³-hybridized carbons (Fsp3) is 0.345. The number of nitrogens with zero attached hydrogens (tertiary/aromatic N) is 6. The number of hydrogen-bond donors (Lipinski definition) is 2. The number of thioether (sulfide) groups is 1. The number of methoxy groups -OCH3 is 2. The number of para-hydroxylation sites is 1. The molecule has 3 heterocycles. The Kier molecular flexibility index (Phi) is 14.2. The lowest BCUT2D eigenvalue weighted by atomic mass is 10.3. The normalized spacial score (nSPS) is 12.6. The average molecular weight is 806 g/mol. The van der Waals surface area contributed by atoms with Gasteiger partial charge in [0.1, 0.15) is 34.6 Å². The molecule has 0 spiro atoms. The molecule has 0 aliphatic carbocycles. The topological polar surface area (TPSA) is 198 Å². The predicted molar refractivity (Wildman–Crippen MR) is 188 cm³/mol. The van der Waals surface area contributed by atoms with Crippen molar-refractivity contribution in [2.75, 3.05) is 37.8 Å². The van der Waals surface area contributed by atoms with Crippen molar-refractivity contribution in [1.82, 2.24) is 29.0 Å². The van der Waals surface area contributed by atoms with Gasteiger partial charge in [0.05, 0.1) is 30.9 Å². The van der Waals surface area contributed by atoms with Crippen molar-refractivity contribution >= 4 is 80.0 Å². The summed E-state index contributed by atoms with van der Waals surface area (Å²) in [5, 5.41) is 2.41. The lowest BCUT2D eigenvalue weighted by Gasteiger charge is -2.15. The van der Waals surface area contributed by atoms with Crippen LogP contribution in [0.5, 0.6) is 11.8 Å². The van der Waals surface area contributed by atoms with Gasteiger partial charge in [0.25, 0.3) is 10.0 Å². The molecule has 2 aromatic carbocycles. The number of rotatable bonds is 11. The smallest absolute Gasteiger partial charge is 0.335 e. The second-order valence-electron chi connectivity index (χ2n) is 10.1. The SMILES string of the molecule is COC(=O)CSc1cc(/N=c2\sc(=O)n3n2CCCC3)c(F)cc1Cl.COc1nc(C)nc(NC(=O)NS(=O)(=O)c2ccccc2OCCCl)n1. The Morgan fingerprint density at radius 1 is 1.12 bits per heavy atom. The Hall–Kier alpha value is -4.24. The van der Waals surface area contributed by atoms with Crippen molar-refractivity contribution in [1.29, 1.82) is 0 Å². The number of sulfonamides is 1. The summed E-state index contributed by atoms with van der Waals surface area (Å²) in [4.78, 5) is 51.9. The molecule has 5 rings (SSSR count). The summed E-state index contributed by atoms with van der Waals surface area (Å²) in [6, 6.07) is 7.43. The van der Waals surface area contributed by atoms with Gasteiger partial charge < -0.3 is 14.2 Å². The van der Waals surface area contributed by atoms with Gasteiger partial charge in [-0.1, -0.05) is 23.7 Å². The highest BCUT2D eigenvalue weighted by molar-refractivity contribution is 8.00. The molecule has 2 aromatic heterocycles. The van der Waals surface area contributed by atoms with Crippen LogP contribution in [-0.4, -0.2) is 77.2 Å². The van der Waals surface area contributed by atoms with Crippen LogP contribution in [-0.2, 0) is 32.6 Å². The fourth-order valence-electron chi connectivity index (χ4n) is 4.28. The van der Waals surface area contributed by atoms with Crippen LogP contribution in [0.4, 0.5) is 20.8 Å². The third-order valence-corrected chi connectivity index (χ3v) is 10.4. The average Bonchev–Trinajstić information content (AvgIpc) is 3.42. The first-order valence-corrected chi connectivity index (χ1v) is 19.0. The Morgan fingerprint density at radius 3 is 2.55 bits per heavy atom. The van der Waals surface area contributed by atoms with Crippen molar-refractivity contribution in [2.45, 2.75) is 42.6 Å². The number of esters is 1. The van der Waals surface area contributed by atoms with Crippen molar-refractivity contribution in [3.8, 4) is 11.8 Å². The van der Waals surface area contributed by atoms with E-state index in [0.29, 0.717) is 22.8 Å². The van der Waals surface area contributed by atoms with Gasteiger partial charge in [-0.15, -0.1) is 23.4 Å². The summed E-state index contributed by atoms with van der Waals surface area (Å²) >= 11 is 13.7.